The first kappa shape index (κ1) is 37.7. The van der Waals surface area contributed by atoms with Crippen LogP contribution < -0.4 is 10.2 Å². The van der Waals surface area contributed by atoms with Gasteiger partial charge in [-0.2, -0.15) is 0 Å². The molecule has 3 fully saturated rings. The topological polar surface area (TPSA) is 124 Å². The van der Waals surface area contributed by atoms with Gasteiger partial charge in [0.25, 0.3) is 0 Å². The molecule has 3 aliphatic heterocycles. The second-order valence-corrected chi connectivity index (χ2v) is 16.4. The molecule has 3 aromatic rings. The van der Waals surface area contributed by atoms with Crippen LogP contribution in [0.25, 0.3) is 10.4 Å². The zero-order valence-corrected chi connectivity index (χ0v) is 32.0. The molecule has 2 aromatic heterocycles. The quantitative estimate of drug-likeness (QED) is 0.292. The van der Waals surface area contributed by atoms with Gasteiger partial charge in [-0.05, 0) is 65.5 Å². The Bertz CT molecular complexity index is 1710. The number of halogens is 1. The summed E-state index contributed by atoms with van der Waals surface area (Å²) in [6.07, 6.45) is 1.56. The molecule has 3 aliphatic rings. The van der Waals surface area contributed by atoms with Gasteiger partial charge in [-0.25, -0.2) is 14.2 Å². The predicted molar refractivity (Wildman–Crippen MR) is 198 cm³/mol. The molecular formula is C38H52FN7O5S. The Morgan fingerprint density at radius 3 is 2.50 bits per heavy atom. The Balaban J connectivity index is 0.968. The van der Waals surface area contributed by atoms with Crippen LogP contribution in [0.15, 0.2) is 40.4 Å². The summed E-state index contributed by atoms with van der Waals surface area (Å²) in [5.74, 6) is 0.775. The Labute approximate surface area is 309 Å². The lowest BCUT2D eigenvalue weighted by Crippen LogP contribution is -2.57. The number of thiazole rings is 1. The second kappa shape index (κ2) is 15.5. The number of rotatable bonds is 9. The highest BCUT2D eigenvalue weighted by molar-refractivity contribution is 7.13. The molecule has 0 radical (unpaired) electrons. The lowest BCUT2D eigenvalue weighted by Gasteiger charge is -2.44. The number of piperazine rings is 1. The number of aromatic nitrogens is 2. The van der Waals surface area contributed by atoms with E-state index in [1.54, 1.807) is 27.2 Å². The molecule has 6 rings (SSSR count). The summed E-state index contributed by atoms with van der Waals surface area (Å²) in [7, 11) is 0. The molecule has 0 spiro atoms. The maximum absolute atomic E-state index is 15.9. The number of nitrogens with zero attached hydrogens (tertiary/aromatic N) is 6. The molecule has 52 heavy (non-hydrogen) atoms. The summed E-state index contributed by atoms with van der Waals surface area (Å²) in [6, 6.07) is 9.27. The highest BCUT2D eigenvalue weighted by Crippen LogP contribution is 2.32. The van der Waals surface area contributed by atoms with Gasteiger partial charge in [0.1, 0.15) is 23.1 Å². The molecule has 3 saturated heterocycles. The van der Waals surface area contributed by atoms with Crippen LogP contribution in [0.2, 0.25) is 0 Å². The maximum atomic E-state index is 15.9. The molecule has 1 N–H and O–H groups in total. The van der Waals surface area contributed by atoms with Crippen molar-refractivity contribution in [3.63, 3.8) is 0 Å². The zero-order chi connectivity index (χ0) is 37.2. The summed E-state index contributed by atoms with van der Waals surface area (Å²) < 4.78 is 27.0. The van der Waals surface area contributed by atoms with Crippen molar-refractivity contribution in [2.24, 2.45) is 0 Å². The van der Waals surface area contributed by atoms with E-state index in [4.69, 9.17) is 9.26 Å². The number of piperidine rings is 1. The number of nitrogens with one attached hydrogen (secondary N) is 1. The predicted octanol–water partition coefficient (Wildman–Crippen LogP) is 5.77. The van der Waals surface area contributed by atoms with Crippen LogP contribution in [0, 0.1) is 6.92 Å². The van der Waals surface area contributed by atoms with Gasteiger partial charge in [0.05, 0.1) is 28.5 Å². The van der Waals surface area contributed by atoms with Crippen molar-refractivity contribution in [2.45, 2.75) is 103 Å². The number of aryl methyl sites for hydroxylation is 1. The Morgan fingerprint density at radius 1 is 1.12 bits per heavy atom. The molecule has 1 aromatic carbocycles. The van der Waals surface area contributed by atoms with Crippen LogP contribution >= 0.6 is 11.3 Å². The van der Waals surface area contributed by atoms with Crippen molar-refractivity contribution in [1.29, 1.82) is 0 Å². The van der Waals surface area contributed by atoms with Crippen LogP contribution in [0.5, 0.6) is 0 Å². The molecule has 3 atom stereocenters. The number of carbonyl (C=O) groups is 3. The molecule has 3 amide bonds. The molecule has 282 valence electrons. The zero-order valence-electron chi connectivity index (χ0n) is 31.2. The molecule has 12 nitrogen and oxygen atoms in total. The standard InChI is InChI=1S/C38H52FN7O5S/c1-25-22-44(18-19-45(25)23-38(39)13-16-43(17-14-38)36(49)50-37(4,5)6)32-20-30(51-42-32)21-33(47)46-15-7-8-31(46)35(48)41-26(2)28-9-11-29(12-10-28)34-27(3)40-24-52-34/h9-12,20,24-26,31H,7-8,13-19,21-23H2,1-6H3,(H,41,48). The fraction of sp³-hybridized carbons (Fsp3) is 0.605. The third kappa shape index (κ3) is 8.94. The third-order valence-electron chi connectivity index (χ3n) is 10.4. The SMILES string of the molecule is Cc1ncsc1-c1ccc(C(C)NC(=O)C2CCCN2C(=O)Cc2cc(N3CCN(CC4(F)CCN(C(=O)OC(C)(C)C)CC4)C(C)C3)no2)cc1. The number of hydrogen-bond donors (Lipinski definition) is 1. The number of amides is 3. The molecule has 0 bridgehead atoms. The van der Waals surface area contributed by atoms with Gasteiger partial charge in [0, 0.05) is 70.8 Å². The minimum Gasteiger partial charge on any atom is -0.444 e. The van der Waals surface area contributed by atoms with Crippen LogP contribution in [0.3, 0.4) is 0 Å². The number of carbonyl (C=O) groups excluding carboxylic acids is 3. The third-order valence-corrected chi connectivity index (χ3v) is 11.4. The van der Waals surface area contributed by atoms with Crippen LogP contribution in [-0.2, 0) is 20.7 Å². The van der Waals surface area contributed by atoms with E-state index in [-0.39, 0.29) is 49.3 Å². The number of anilines is 1. The minimum atomic E-state index is -1.37. The summed E-state index contributed by atoms with van der Waals surface area (Å²) in [5.41, 5.74) is 2.98. The van der Waals surface area contributed by atoms with Gasteiger partial charge in [-0.15, -0.1) is 11.3 Å². The number of hydrogen-bond acceptors (Lipinski definition) is 10. The van der Waals surface area contributed by atoms with E-state index in [1.807, 2.05) is 52.3 Å². The average Bonchev–Trinajstić information content (AvgIpc) is 3.87. The van der Waals surface area contributed by atoms with Crippen molar-refractivity contribution in [3.05, 3.63) is 52.9 Å². The fourth-order valence-corrected chi connectivity index (χ4v) is 8.21. The van der Waals surface area contributed by atoms with Gasteiger partial charge >= 0.3 is 6.09 Å². The number of ether oxygens (including phenoxy) is 1. The van der Waals surface area contributed by atoms with Gasteiger partial charge < -0.3 is 29.3 Å². The first-order chi connectivity index (χ1) is 24.7. The molecule has 14 heteroatoms. The van der Waals surface area contributed by atoms with Gasteiger partial charge in [0.2, 0.25) is 11.8 Å². The maximum Gasteiger partial charge on any atom is 0.410 e. The van der Waals surface area contributed by atoms with Crippen molar-refractivity contribution in [1.82, 2.24) is 30.2 Å². The van der Waals surface area contributed by atoms with E-state index in [2.05, 4.69) is 44.3 Å². The van der Waals surface area contributed by atoms with Crippen molar-refractivity contribution >= 4 is 35.1 Å². The summed E-state index contributed by atoms with van der Waals surface area (Å²) >= 11 is 1.61. The Hall–Kier alpha value is -4.04. The van der Waals surface area contributed by atoms with Gasteiger partial charge in [-0.3, -0.25) is 14.5 Å². The summed E-state index contributed by atoms with van der Waals surface area (Å²) in [4.78, 5) is 52.3. The monoisotopic (exact) mass is 737 g/mol. The molecule has 5 heterocycles. The minimum absolute atomic E-state index is 0.0188. The van der Waals surface area contributed by atoms with Crippen molar-refractivity contribution in [2.75, 3.05) is 50.7 Å². The van der Waals surface area contributed by atoms with E-state index in [0.717, 1.165) is 28.1 Å². The van der Waals surface area contributed by atoms with Gasteiger partial charge in [0.15, 0.2) is 5.82 Å². The van der Waals surface area contributed by atoms with E-state index < -0.39 is 17.3 Å². The Kier molecular flexibility index (Phi) is 11.3. The highest BCUT2D eigenvalue weighted by atomic mass is 32.1. The van der Waals surface area contributed by atoms with E-state index in [0.29, 0.717) is 63.8 Å². The van der Waals surface area contributed by atoms with Gasteiger partial charge in [-0.1, -0.05) is 29.4 Å². The first-order valence-corrected chi connectivity index (χ1v) is 19.3. The number of benzene rings is 1. The number of alkyl halides is 1. The van der Waals surface area contributed by atoms with Crippen LogP contribution in [0.1, 0.15) is 83.4 Å². The normalized spacial score (nSPS) is 21.6. The molecule has 3 unspecified atom stereocenters. The number of likely N-dealkylation sites (tertiary alicyclic amines) is 2. The van der Waals surface area contributed by atoms with Crippen LogP contribution in [-0.4, -0.2) is 112 Å². The highest BCUT2D eigenvalue weighted by Gasteiger charge is 2.41. The van der Waals surface area contributed by atoms with Crippen LogP contribution in [0.4, 0.5) is 15.0 Å². The van der Waals surface area contributed by atoms with E-state index in [9.17, 15) is 14.4 Å². The fourth-order valence-electron chi connectivity index (χ4n) is 7.39. The molecule has 0 aliphatic carbocycles. The first-order valence-electron chi connectivity index (χ1n) is 18.4. The smallest absolute Gasteiger partial charge is 0.410 e. The largest absolute Gasteiger partial charge is 0.444 e. The second-order valence-electron chi connectivity index (χ2n) is 15.6. The van der Waals surface area contributed by atoms with Crippen molar-refractivity contribution in [3.8, 4) is 10.4 Å². The molecular weight excluding hydrogens is 686 g/mol. The van der Waals surface area contributed by atoms with E-state index >= 15 is 4.39 Å². The lowest BCUT2D eigenvalue weighted by molar-refractivity contribution is -0.138. The summed E-state index contributed by atoms with van der Waals surface area (Å²) in [5, 5.41) is 7.38. The van der Waals surface area contributed by atoms with Crippen molar-refractivity contribution < 1.29 is 28.0 Å². The Morgan fingerprint density at radius 2 is 1.85 bits per heavy atom. The summed E-state index contributed by atoms with van der Waals surface area (Å²) in [6.45, 7) is 15.0. The molecule has 0 saturated carbocycles. The lowest BCUT2D eigenvalue weighted by atomic mass is 9.92. The van der Waals surface area contributed by atoms with E-state index in [1.165, 1.54) is 0 Å². The average molecular weight is 738 g/mol.